The lowest BCUT2D eigenvalue weighted by Crippen LogP contribution is -2.43. The molecule has 7 nitrogen and oxygen atoms in total. The van der Waals surface area contributed by atoms with Gasteiger partial charge in [-0.1, -0.05) is 19.3 Å². The zero-order valence-electron chi connectivity index (χ0n) is 14.3. The zero-order valence-corrected chi connectivity index (χ0v) is 14.3. The third-order valence-corrected chi connectivity index (χ3v) is 5.31. The van der Waals surface area contributed by atoms with E-state index in [1.807, 2.05) is 12.1 Å². The van der Waals surface area contributed by atoms with E-state index in [0.717, 1.165) is 18.6 Å². The van der Waals surface area contributed by atoms with Crippen molar-refractivity contribution in [2.75, 3.05) is 13.2 Å². The summed E-state index contributed by atoms with van der Waals surface area (Å²) in [6.45, 7) is 1.55. The van der Waals surface area contributed by atoms with E-state index in [-0.39, 0.29) is 36.5 Å². The monoisotopic (exact) mass is 350 g/mol. The second-order valence-electron chi connectivity index (χ2n) is 7.09. The number of furan rings is 1. The summed E-state index contributed by atoms with van der Waals surface area (Å²) in [5, 5.41) is 6.38. The highest BCUT2D eigenvalue weighted by Gasteiger charge is 2.49. The predicted molar refractivity (Wildman–Crippen MR) is 89.1 cm³/mol. The Morgan fingerprint density at radius 3 is 2.80 bits per heavy atom. The molecule has 138 valence electrons. The van der Waals surface area contributed by atoms with Gasteiger partial charge in [-0.3, -0.25) is 0 Å². The largest absolute Gasteiger partial charge is 0.468 e. The highest BCUT2D eigenvalue weighted by atomic mass is 16.6. The Bertz CT molecular complexity index is 558. The van der Waals surface area contributed by atoms with Gasteiger partial charge in [0.1, 0.15) is 18.0 Å². The van der Waals surface area contributed by atoms with Gasteiger partial charge in [-0.2, -0.15) is 0 Å². The highest BCUT2D eigenvalue weighted by Crippen LogP contribution is 2.29. The van der Waals surface area contributed by atoms with Crippen LogP contribution in [0, 0.1) is 0 Å². The summed E-state index contributed by atoms with van der Waals surface area (Å²) >= 11 is 0. The molecule has 4 atom stereocenters. The van der Waals surface area contributed by atoms with Crippen molar-refractivity contribution in [3.05, 3.63) is 24.2 Å². The fraction of sp³-hybridized carbons (Fsp3) is 0.722. The summed E-state index contributed by atoms with van der Waals surface area (Å²) in [5.41, 5.74) is 0. The molecule has 2 saturated heterocycles. The molecular formula is C18H26N2O5. The highest BCUT2D eigenvalue weighted by molar-refractivity contribution is 5.68. The Hall–Kier alpha value is -1.57. The Labute approximate surface area is 147 Å². The van der Waals surface area contributed by atoms with Crippen molar-refractivity contribution in [2.24, 2.45) is 0 Å². The van der Waals surface area contributed by atoms with Crippen molar-refractivity contribution in [3.63, 3.8) is 0 Å². The van der Waals surface area contributed by atoms with Crippen LogP contribution < -0.4 is 10.6 Å². The minimum absolute atomic E-state index is 0.0742. The van der Waals surface area contributed by atoms with Gasteiger partial charge in [0.2, 0.25) is 0 Å². The summed E-state index contributed by atoms with van der Waals surface area (Å²) in [4.78, 5) is 12.1. The first-order valence-corrected chi connectivity index (χ1v) is 9.26. The molecule has 3 heterocycles. The molecule has 0 spiro atoms. The Morgan fingerprint density at radius 1 is 1.16 bits per heavy atom. The SMILES string of the molecule is O=C(NC1CCCCC1)O[C@@H]1CO[C@H]2[C@H]1OC[C@H]2NCc1ccco1. The summed E-state index contributed by atoms with van der Waals surface area (Å²) in [7, 11) is 0. The van der Waals surface area contributed by atoms with Gasteiger partial charge < -0.3 is 29.3 Å². The zero-order chi connectivity index (χ0) is 17.1. The fourth-order valence-corrected chi connectivity index (χ4v) is 3.97. The van der Waals surface area contributed by atoms with E-state index >= 15 is 0 Å². The van der Waals surface area contributed by atoms with Gasteiger partial charge in [0.25, 0.3) is 0 Å². The molecule has 1 aromatic heterocycles. The van der Waals surface area contributed by atoms with Gasteiger partial charge >= 0.3 is 6.09 Å². The van der Waals surface area contributed by atoms with Crippen molar-refractivity contribution in [3.8, 4) is 0 Å². The normalized spacial score (nSPS) is 32.5. The van der Waals surface area contributed by atoms with Gasteiger partial charge in [-0.25, -0.2) is 4.79 Å². The number of alkyl carbamates (subject to hydrolysis) is 1. The fourth-order valence-electron chi connectivity index (χ4n) is 3.97. The molecule has 1 aromatic rings. The molecule has 0 bridgehead atoms. The topological polar surface area (TPSA) is 82.0 Å². The van der Waals surface area contributed by atoms with Crippen LogP contribution in [0.3, 0.4) is 0 Å². The third-order valence-electron chi connectivity index (χ3n) is 5.31. The van der Waals surface area contributed by atoms with E-state index in [1.54, 1.807) is 6.26 Å². The quantitative estimate of drug-likeness (QED) is 0.845. The van der Waals surface area contributed by atoms with Crippen molar-refractivity contribution >= 4 is 6.09 Å². The number of hydrogen-bond donors (Lipinski definition) is 2. The molecule has 2 aliphatic heterocycles. The minimum Gasteiger partial charge on any atom is -0.468 e. The smallest absolute Gasteiger partial charge is 0.407 e. The van der Waals surface area contributed by atoms with Crippen LogP contribution in [0.5, 0.6) is 0 Å². The van der Waals surface area contributed by atoms with E-state index < -0.39 is 0 Å². The molecule has 1 saturated carbocycles. The van der Waals surface area contributed by atoms with Crippen LogP contribution >= 0.6 is 0 Å². The second kappa shape index (κ2) is 7.76. The van der Waals surface area contributed by atoms with Gasteiger partial charge in [0.15, 0.2) is 6.10 Å². The molecule has 0 radical (unpaired) electrons. The van der Waals surface area contributed by atoms with Crippen molar-refractivity contribution in [1.82, 2.24) is 10.6 Å². The number of hydrogen-bond acceptors (Lipinski definition) is 6. The average molecular weight is 350 g/mol. The molecule has 1 aliphatic carbocycles. The molecule has 7 heteroatoms. The van der Waals surface area contributed by atoms with E-state index in [2.05, 4.69) is 10.6 Å². The maximum atomic E-state index is 12.1. The molecule has 25 heavy (non-hydrogen) atoms. The number of fused-ring (bicyclic) bond motifs is 1. The second-order valence-corrected chi connectivity index (χ2v) is 7.09. The molecule has 0 aromatic carbocycles. The molecule has 2 N–H and O–H groups in total. The van der Waals surface area contributed by atoms with E-state index in [0.29, 0.717) is 19.8 Å². The molecule has 1 amide bonds. The maximum absolute atomic E-state index is 12.1. The lowest BCUT2D eigenvalue weighted by Gasteiger charge is -2.24. The van der Waals surface area contributed by atoms with Crippen molar-refractivity contribution in [1.29, 1.82) is 0 Å². The van der Waals surface area contributed by atoms with Crippen LogP contribution in [0.2, 0.25) is 0 Å². The van der Waals surface area contributed by atoms with Crippen molar-refractivity contribution in [2.45, 2.75) is 69.0 Å². The standard InChI is InChI=1S/C18H26N2O5/c21-18(20-12-5-2-1-3-6-12)25-15-11-24-16-14(10-23-17(15)16)19-9-13-7-4-8-22-13/h4,7-8,12,14-17,19H,1-3,5-6,9-11H2,(H,20,21)/t14-,15-,16-,17+/m1/s1. The third kappa shape index (κ3) is 3.99. The van der Waals surface area contributed by atoms with E-state index in [9.17, 15) is 4.79 Å². The molecule has 4 rings (SSSR count). The number of ether oxygens (including phenoxy) is 3. The van der Waals surface area contributed by atoms with E-state index in [1.165, 1.54) is 19.3 Å². The van der Waals surface area contributed by atoms with Crippen molar-refractivity contribution < 1.29 is 23.4 Å². The van der Waals surface area contributed by atoms with Crippen LogP contribution in [0.25, 0.3) is 0 Å². The number of rotatable bonds is 5. The average Bonchev–Trinajstić information content (AvgIpc) is 3.33. The van der Waals surface area contributed by atoms with Gasteiger partial charge in [0.05, 0.1) is 32.1 Å². The first kappa shape index (κ1) is 16.9. The predicted octanol–water partition coefficient (Wildman–Crippen LogP) is 1.96. The Morgan fingerprint density at radius 2 is 2.00 bits per heavy atom. The first-order valence-electron chi connectivity index (χ1n) is 9.26. The molecule has 0 unspecified atom stereocenters. The molecule has 3 fully saturated rings. The summed E-state index contributed by atoms with van der Waals surface area (Å²) in [5.74, 6) is 0.876. The van der Waals surface area contributed by atoms with Crippen LogP contribution in [0.1, 0.15) is 37.9 Å². The summed E-state index contributed by atoms with van der Waals surface area (Å²) in [6, 6.07) is 4.11. The number of carbonyl (C=O) groups excluding carboxylic acids is 1. The summed E-state index contributed by atoms with van der Waals surface area (Å²) in [6.07, 6.45) is 6.35. The van der Waals surface area contributed by atoms with Crippen LogP contribution in [-0.4, -0.2) is 49.7 Å². The molecule has 3 aliphatic rings. The summed E-state index contributed by atoms with van der Waals surface area (Å²) < 4.78 is 22.6. The lowest BCUT2D eigenvalue weighted by molar-refractivity contribution is 0.00250. The Kier molecular flexibility index (Phi) is 5.24. The van der Waals surface area contributed by atoms with E-state index in [4.69, 9.17) is 18.6 Å². The van der Waals surface area contributed by atoms with Gasteiger partial charge in [-0.05, 0) is 25.0 Å². The number of amides is 1. The first-order chi connectivity index (χ1) is 12.3. The van der Waals surface area contributed by atoms with Crippen LogP contribution in [0.4, 0.5) is 4.79 Å². The lowest BCUT2D eigenvalue weighted by atomic mass is 9.96. The molecular weight excluding hydrogens is 324 g/mol. The minimum atomic E-state index is -0.350. The maximum Gasteiger partial charge on any atom is 0.407 e. The van der Waals surface area contributed by atoms with Crippen LogP contribution in [-0.2, 0) is 20.8 Å². The Balaban J connectivity index is 1.24. The van der Waals surface area contributed by atoms with Gasteiger partial charge in [0, 0.05) is 6.04 Å². The number of nitrogens with one attached hydrogen (secondary N) is 2. The van der Waals surface area contributed by atoms with Gasteiger partial charge in [-0.15, -0.1) is 0 Å². The number of carbonyl (C=O) groups is 1. The van der Waals surface area contributed by atoms with Crippen LogP contribution in [0.15, 0.2) is 22.8 Å².